The summed E-state index contributed by atoms with van der Waals surface area (Å²) in [4.78, 5) is 5.24. The van der Waals surface area contributed by atoms with Crippen LogP contribution in [0, 0.1) is 6.92 Å². The Balaban J connectivity index is 0.988. The monoisotopic (exact) mass is 1120 g/mol. The van der Waals surface area contributed by atoms with Crippen LogP contribution in [0.25, 0.3) is 91.9 Å². The van der Waals surface area contributed by atoms with Gasteiger partial charge in [0.15, 0.2) is 0 Å². The molecule has 16 rings (SSSR count). The second-order valence-electron chi connectivity index (χ2n) is 26.9. The molecule has 2 aliphatic rings. The van der Waals surface area contributed by atoms with Crippen molar-refractivity contribution in [1.29, 1.82) is 0 Å². The normalized spacial score (nSPS) is 13.5. The molecule has 0 bridgehead atoms. The predicted molar refractivity (Wildman–Crippen MR) is 367 cm³/mol. The number of fused-ring (bicyclic) bond motifs is 13. The third-order valence-corrected chi connectivity index (χ3v) is 19.7. The standard InChI is InChI=1S/C79H66BN3OS/c1-47-62(79(8,9)10)45-69-74-75(47)83(54-38-30-48(31-39-54)55-24-19-29-72-73(55)59-23-15-17-28-71(59)85-72)66-41-35-51(78(5,6)7)43-63(66)80(74)64-44-61-60-42-50(77(2,3)4)34-40-65(60)81(52-20-12-11-13-21-52)67(61)46-68(64)82(69)53-36-32-49(33-37-53)56-25-18-26-58-57-22-14-16-27-70(57)84-76(56)58/h11-46H,1-10H3. The van der Waals surface area contributed by atoms with Gasteiger partial charge in [0.05, 0.1) is 11.0 Å². The minimum atomic E-state index is -0.200. The zero-order chi connectivity index (χ0) is 58.0. The second-order valence-corrected chi connectivity index (χ2v) is 28.0. The van der Waals surface area contributed by atoms with Gasteiger partial charge in [-0.15, -0.1) is 11.3 Å². The Bertz CT molecular complexity index is 5080. The molecule has 0 saturated heterocycles. The van der Waals surface area contributed by atoms with E-state index in [1.54, 1.807) is 0 Å². The molecule has 0 spiro atoms. The molecule has 4 nitrogen and oxygen atoms in total. The lowest BCUT2D eigenvalue weighted by molar-refractivity contribution is 0.586. The number of anilines is 6. The van der Waals surface area contributed by atoms with Crippen molar-refractivity contribution in [2.24, 2.45) is 0 Å². The van der Waals surface area contributed by atoms with E-state index in [4.69, 9.17) is 4.42 Å². The van der Waals surface area contributed by atoms with Crippen LogP contribution in [-0.2, 0) is 16.2 Å². The van der Waals surface area contributed by atoms with Gasteiger partial charge in [-0.1, -0.05) is 196 Å². The minimum Gasteiger partial charge on any atom is -0.455 e. The van der Waals surface area contributed by atoms with E-state index in [0.29, 0.717) is 0 Å². The molecule has 0 aliphatic carbocycles. The lowest BCUT2D eigenvalue weighted by Crippen LogP contribution is -2.62. The number of hydrogen-bond donors (Lipinski definition) is 0. The molecule has 2 aliphatic heterocycles. The summed E-state index contributed by atoms with van der Waals surface area (Å²) in [7, 11) is 0. The number of benzene rings is 11. The first-order valence-corrected chi connectivity index (χ1v) is 30.9. The van der Waals surface area contributed by atoms with Crippen molar-refractivity contribution in [3.8, 4) is 27.9 Å². The Morgan fingerprint density at radius 2 is 1.01 bits per heavy atom. The summed E-state index contributed by atoms with van der Waals surface area (Å²) in [6.45, 7) is 23.5. The SMILES string of the molecule is Cc1c(C(C)(C)C)cc2c3c1N(c1ccc(-c4cccc5sc6ccccc6c45)cc1)c1ccc(C(C)(C)C)cc1B3c1cc3c4cc(C(C)(C)C)ccc4n(-c4ccccc4)c3cc1N2c1ccc(-c2cccc3c2oc2ccccc23)cc1. The fourth-order valence-corrected chi connectivity index (χ4v) is 15.6. The molecule has 5 heterocycles. The van der Waals surface area contributed by atoms with E-state index in [1.165, 1.54) is 114 Å². The van der Waals surface area contributed by atoms with Gasteiger partial charge in [0.25, 0.3) is 6.71 Å². The van der Waals surface area contributed by atoms with Crippen molar-refractivity contribution in [2.45, 2.75) is 85.5 Å². The van der Waals surface area contributed by atoms with Crippen molar-refractivity contribution in [1.82, 2.24) is 4.57 Å². The van der Waals surface area contributed by atoms with Gasteiger partial charge in [-0.2, -0.15) is 0 Å². The third-order valence-electron chi connectivity index (χ3n) is 18.6. The smallest absolute Gasteiger partial charge is 0.252 e. The van der Waals surface area contributed by atoms with E-state index in [0.717, 1.165) is 50.1 Å². The summed E-state index contributed by atoms with van der Waals surface area (Å²) in [5.41, 5.74) is 26.0. The molecule has 11 aromatic carbocycles. The van der Waals surface area contributed by atoms with E-state index in [1.807, 2.05) is 11.3 Å². The molecule has 0 unspecified atom stereocenters. The predicted octanol–water partition coefficient (Wildman–Crippen LogP) is 20.7. The van der Waals surface area contributed by atoms with Crippen LogP contribution in [0.4, 0.5) is 34.1 Å². The fraction of sp³-hybridized carbons (Fsp3) is 0.165. The van der Waals surface area contributed by atoms with Crippen molar-refractivity contribution in [3.05, 3.63) is 241 Å². The van der Waals surface area contributed by atoms with Gasteiger partial charge in [-0.3, -0.25) is 0 Å². The van der Waals surface area contributed by atoms with Gasteiger partial charge in [0, 0.05) is 87.1 Å². The highest BCUT2D eigenvalue weighted by Crippen LogP contribution is 2.51. The molecule has 412 valence electrons. The van der Waals surface area contributed by atoms with E-state index >= 15 is 0 Å². The fourth-order valence-electron chi connectivity index (χ4n) is 14.4. The Labute approximate surface area is 502 Å². The van der Waals surface area contributed by atoms with E-state index in [2.05, 4.69) is 302 Å². The number of hydrogen-bond acceptors (Lipinski definition) is 4. The average Bonchev–Trinajstić information content (AvgIpc) is 1.20. The highest BCUT2D eigenvalue weighted by molar-refractivity contribution is 7.26. The molecule has 0 atom stereocenters. The number of rotatable bonds is 5. The first-order valence-electron chi connectivity index (χ1n) is 30.1. The molecule has 0 amide bonds. The topological polar surface area (TPSA) is 24.6 Å². The Morgan fingerprint density at radius 1 is 0.412 bits per heavy atom. The number of thiophene rings is 1. The molecule has 85 heavy (non-hydrogen) atoms. The van der Waals surface area contributed by atoms with E-state index in [-0.39, 0.29) is 23.0 Å². The van der Waals surface area contributed by atoms with Gasteiger partial charge >= 0.3 is 0 Å². The molecule has 0 fully saturated rings. The minimum absolute atomic E-state index is 0.0441. The average molecular weight is 1120 g/mol. The number of para-hydroxylation sites is 3. The lowest BCUT2D eigenvalue weighted by atomic mass is 9.33. The van der Waals surface area contributed by atoms with Crippen molar-refractivity contribution >= 4 is 132 Å². The van der Waals surface area contributed by atoms with Crippen LogP contribution in [0.15, 0.2) is 223 Å². The van der Waals surface area contributed by atoms with Gasteiger partial charge in [-0.25, -0.2) is 0 Å². The Hall–Kier alpha value is -9.10. The highest BCUT2D eigenvalue weighted by Gasteiger charge is 2.46. The van der Waals surface area contributed by atoms with Crippen molar-refractivity contribution in [3.63, 3.8) is 0 Å². The van der Waals surface area contributed by atoms with Crippen LogP contribution < -0.4 is 26.2 Å². The van der Waals surface area contributed by atoms with Gasteiger partial charge in [-0.05, 0) is 163 Å². The van der Waals surface area contributed by atoms with Crippen LogP contribution in [0.3, 0.4) is 0 Å². The van der Waals surface area contributed by atoms with Crippen LogP contribution >= 0.6 is 11.3 Å². The van der Waals surface area contributed by atoms with E-state index in [9.17, 15) is 0 Å². The summed E-state index contributed by atoms with van der Waals surface area (Å²) in [5, 5.41) is 7.42. The van der Waals surface area contributed by atoms with Crippen molar-refractivity contribution < 1.29 is 4.42 Å². The molecule has 14 aromatic rings. The Morgan fingerprint density at radius 3 is 1.75 bits per heavy atom. The summed E-state index contributed by atoms with van der Waals surface area (Å²) in [5.74, 6) is 0. The zero-order valence-corrected chi connectivity index (χ0v) is 50.8. The first kappa shape index (κ1) is 51.5. The highest BCUT2D eigenvalue weighted by atomic mass is 32.1. The van der Waals surface area contributed by atoms with Crippen LogP contribution in [0.5, 0.6) is 0 Å². The third kappa shape index (κ3) is 7.87. The Kier molecular flexibility index (Phi) is 11.2. The summed E-state index contributed by atoms with van der Waals surface area (Å²) < 4.78 is 11.8. The molecule has 3 aromatic heterocycles. The van der Waals surface area contributed by atoms with Gasteiger partial charge in [0.2, 0.25) is 0 Å². The number of furan rings is 1. The molecular weight excluding hydrogens is 1050 g/mol. The summed E-state index contributed by atoms with van der Waals surface area (Å²) in [6, 6.07) is 82.6. The van der Waals surface area contributed by atoms with E-state index < -0.39 is 0 Å². The number of aromatic nitrogens is 1. The van der Waals surface area contributed by atoms with Gasteiger partial charge in [0.1, 0.15) is 11.2 Å². The second kappa shape index (κ2) is 18.5. The molecule has 0 saturated carbocycles. The van der Waals surface area contributed by atoms with Crippen LogP contribution in [-0.4, -0.2) is 11.3 Å². The number of nitrogens with zero attached hydrogens (tertiary/aromatic N) is 3. The lowest BCUT2D eigenvalue weighted by Gasteiger charge is -2.46. The first-order chi connectivity index (χ1) is 41.0. The molecule has 6 heteroatoms. The maximum Gasteiger partial charge on any atom is 0.252 e. The molecular formula is C79H66BN3OS. The van der Waals surface area contributed by atoms with Crippen LogP contribution in [0.2, 0.25) is 0 Å². The quantitative estimate of drug-likeness (QED) is 0.161. The largest absolute Gasteiger partial charge is 0.455 e. The van der Waals surface area contributed by atoms with Crippen molar-refractivity contribution in [2.75, 3.05) is 9.80 Å². The molecule has 0 N–H and O–H groups in total. The summed E-state index contributed by atoms with van der Waals surface area (Å²) >= 11 is 1.88. The molecule has 0 radical (unpaired) electrons. The summed E-state index contributed by atoms with van der Waals surface area (Å²) in [6.07, 6.45) is 0. The van der Waals surface area contributed by atoms with Gasteiger partial charge < -0.3 is 18.8 Å². The maximum atomic E-state index is 6.66. The maximum absolute atomic E-state index is 6.66. The zero-order valence-electron chi connectivity index (χ0n) is 50.0. The van der Waals surface area contributed by atoms with Crippen LogP contribution in [0.1, 0.15) is 84.6 Å².